The van der Waals surface area contributed by atoms with Gasteiger partial charge >= 0.3 is 0 Å². The SMILES string of the molecule is COc1ccc(NC(=O)C(C)NC(C)=O)cn1. The maximum Gasteiger partial charge on any atom is 0.246 e. The van der Waals surface area contributed by atoms with Gasteiger partial charge in [-0.25, -0.2) is 4.98 Å². The summed E-state index contributed by atoms with van der Waals surface area (Å²) < 4.78 is 4.89. The lowest BCUT2D eigenvalue weighted by atomic mass is 10.3. The Labute approximate surface area is 99.4 Å². The standard InChI is InChI=1S/C11H15N3O3/c1-7(13-8(2)15)11(16)14-9-4-5-10(17-3)12-6-9/h4-7H,1-3H3,(H,13,15)(H,14,16). The van der Waals surface area contributed by atoms with Gasteiger partial charge in [-0.3, -0.25) is 9.59 Å². The van der Waals surface area contributed by atoms with Crippen LogP contribution >= 0.6 is 0 Å². The van der Waals surface area contributed by atoms with Crippen LogP contribution in [0.3, 0.4) is 0 Å². The zero-order valence-corrected chi connectivity index (χ0v) is 9.98. The van der Waals surface area contributed by atoms with Crippen LogP contribution < -0.4 is 15.4 Å². The van der Waals surface area contributed by atoms with Gasteiger partial charge in [-0.15, -0.1) is 0 Å². The lowest BCUT2D eigenvalue weighted by molar-refractivity contribution is -0.124. The van der Waals surface area contributed by atoms with E-state index in [2.05, 4.69) is 15.6 Å². The molecule has 1 aromatic heterocycles. The smallest absolute Gasteiger partial charge is 0.246 e. The van der Waals surface area contributed by atoms with Crippen molar-refractivity contribution in [1.82, 2.24) is 10.3 Å². The minimum atomic E-state index is -0.588. The highest BCUT2D eigenvalue weighted by atomic mass is 16.5. The largest absolute Gasteiger partial charge is 0.481 e. The molecule has 0 saturated heterocycles. The number of nitrogens with one attached hydrogen (secondary N) is 2. The molecule has 0 bridgehead atoms. The molecule has 1 rings (SSSR count). The van der Waals surface area contributed by atoms with Gasteiger partial charge in [0.15, 0.2) is 0 Å². The van der Waals surface area contributed by atoms with E-state index in [9.17, 15) is 9.59 Å². The number of hydrogen-bond donors (Lipinski definition) is 2. The van der Waals surface area contributed by atoms with E-state index in [0.29, 0.717) is 11.6 Å². The van der Waals surface area contributed by atoms with Crippen LogP contribution in [-0.2, 0) is 9.59 Å². The van der Waals surface area contributed by atoms with Crippen molar-refractivity contribution in [2.45, 2.75) is 19.9 Å². The van der Waals surface area contributed by atoms with Crippen LogP contribution in [0.2, 0.25) is 0 Å². The van der Waals surface area contributed by atoms with E-state index in [0.717, 1.165) is 0 Å². The van der Waals surface area contributed by atoms with Gasteiger partial charge in [0.2, 0.25) is 17.7 Å². The molecular weight excluding hydrogens is 222 g/mol. The molecule has 0 fully saturated rings. The second-order valence-corrected chi connectivity index (χ2v) is 3.50. The van der Waals surface area contributed by atoms with E-state index in [1.807, 2.05) is 0 Å². The van der Waals surface area contributed by atoms with Gasteiger partial charge in [0.1, 0.15) is 6.04 Å². The Morgan fingerprint density at radius 2 is 2.12 bits per heavy atom. The highest BCUT2D eigenvalue weighted by molar-refractivity contribution is 5.96. The normalized spacial score (nSPS) is 11.5. The monoisotopic (exact) mass is 237 g/mol. The molecule has 1 unspecified atom stereocenters. The molecule has 2 N–H and O–H groups in total. The highest BCUT2D eigenvalue weighted by Gasteiger charge is 2.13. The zero-order valence-electron chi connectivity index (χ0n) is 9.98. The lowest BCUT2D eigenvalue weighted by Gasteiger charge is -2.12. The maximum atomic E-state index is 11.6. The van der Waals surface area contributed by atoms with Crippen LogP contribution in [0.4, 0.5) is 5.69 Å². The Balaban J connectivity index is 2.58. The first-order chi connectivity index (χ1) is 8.02. The average Bonchev–Trinajstić information content (AvgIpc) is 2.29. The Bertz CT molecular complexity index is 403. The molecule has 0 spiro atoms. The Morgan fingerprint density at radius 3 is 2.59 bits per heavy atom. The first kappa shape index (κ1) is 13.0. The number of amides is 2. The van der Waals surface area contributed by atoms with Gasteiger partial charge in [-0.1, -0.05) is 0 Å². The maximum absolute atomic E-state index is 11.6. The summed E-state index contributed by atoms with van der Waals surface area (Å²) in [5, 5.41) is 5.12. The molecule has 0 aliphatic heterocycles. The van der Waals surface area contributed by atoms with Crippen LogP contribution in [0.1, 0.15) is 13.8 Å². The van der Waals surface area contributed by atoms with Crippen LogP contribution in [0, 0.1) is 0 Å². The van der Waals surface area contributed by atoms with Crippen molar-refractivity contribution in [2.24, 2.45) is 0 Å². The molecular formula is C11H15N3O3. The first-order valence-electron chi connectivity index (χ1n) is 5.11. The topological polar surface area (TPSA) is 80.3 Å². The summed E-state index contributed by atoms with van der Waals surface area (Å²) in [5.74, 6) is -0.0782. The van der Waals surface area contributed by atoms with Gasteiger partial charge < -0.3 is 15.4 Å². The predicted octanol–water partition coefficient (Wildman–Crippen LogP) is 0.553. The van der Waals surface area contributed by atoms with Gasteiger partial charge in [-0.05, 0) is 13.0 Å². The second-order valence-electron chi connectivity index (χ2n) is 3.50. The summed E-state index contributed by atoms with van der Waals surface area (Å²) in [5.41, 5.74) is 0.549. The van der Waals surface area contributed by atoms with E-state index >= 15 is 0 Å². The average molecular weight is 237 g/mol. The van der Waals surface area contributed by atoms with Crippen molar-refractivity contribution < 1.29 is 14.3 Å². The number of methoxy groups -OCH3 is 1. The number of pyridine rings is 1. The minimum Gasteiger partial charge on any atom is -0.481 e. The van der Waals surface area contributed by atoms with Crippen molar-refractivity contribution in [3.8, 4) is 5.88 Å². The second kappa shape index (κ2) is 5.83. The molecule has 92 valence electrons. The summed E-state index contributed by atoms with van der Waals surface area (Å²) in [6.45, 7) is 2.96. The third-order valence-corrected chi connectivity index (χ3v) is 2.03. The van der Waals surface area contributed by atoms with Gasteiger partial charge in [-0.2, -0.15) is 0 Å². The third kappa shape index (κ3) is 4.10. The molecule has 2 amide bonds. The molecule has 6 nitrogen and oxygen atoms in total. The number of anilines is 1. The number of rotatable bonds is 4. The molecule has 0 radical (unpaired) electrons. The fourth-order valence-corrected chi connectivity index (χ4v) is 1.20. The molecule has 0 aromatic carbocycles. The highest BCUT2D eigenvalue weighted by Crippen LogP contribution is 2.10. The molecule has 0 aliphatic rings. The molecule has 6 heteroatoms. The molecule has 0 aliphatic carbocycles. The van der Waals surface area contributed by atoms with E-state index in [4.69, 9.17) is 4.74 Å². The van der Waals surface area contributed by atoms with Crippen molar-refractivity contribution in [3.63, 3.8) is 0 Å². The number of aromatic nitrogens is 1. The molecule has 0 saturated carbocycles. The van der Waals surface area contributed by atoms with Crippen LogP contribution in [-0.4, -0.2) is 29.9 Å². The third-order valence-electron chi connectivity index (χ3n) is 2.03. The number of nitrogens with zero attached hydrogens (tertiary/aromatic N) is 1. The summed E-state index contributed by atoms with van der Waals surface area (Å²) in [7, 11) is 1.51. The predicted molar refractivity (Wildman–Crippen MR) is 62.7 cm³/mol. The van der Waals surface area contributed by atoms with Crippen molar-refractivity contribution in [1.29, 1.82) is 0 Å². The fourth-order valence-electron chi connectivity index (χ4n) is 1.20. The fraction of sp³-hybridized carbons (Fsp3) is 0.364. The zero-order chi connectivity index (χ0) is 12.8. The van der Waals surface area contributed by atoms with E-state index in [1.54, 1.807) is 19.1 Å². The van der Waals surface area contributed by atoms with Gasteiger partial charge in [0, 0.05) is 13.0 Å². The molecule has 17 heavy (non-hydrogen) atoms. The van der Waals surface area contributed by atoms with Crippen LogP contribution in [0.25, 0.3) is 0 Å². The van der Waals surface area contributed by atoms with E-state index in [-0.39, 0.29) is 11.8 Å². The minimum absolute atomic E-state index is 0.250. The van der Waals surface area contributed by atoms with Crippen molar-refractivity contribution in [2.75, 3.05) is 12.4 Å². The summed E-state index contributed by atoms with van der Waals surface area (Å²) in [6.07, 6.45) is 1.48. The van der Waals surface area contributed by atoms with Crippen molar-refractivity contribution in [3.05, 3.63) is 18.3 Å². The van der Waals surface area contributed by atoms with Crippen molar-refractivity contribution >= 4 is 17.5 Å². The van der Waals surface area contributed by atoms with E-state index in [1.165, 1.54) is 20.2 Å². The van der Waals surface area contributed by atoms with Gasteiger partial charge in [0.25, 0.3) is 0 Å². The van der Waals surface area contributed by atoms with Gasteiger partial charge in [0.05, 0.1) is 19.0 Å². The molecule has 1 aromatic rings. The van der Waals surface area contributed by atoms with E-state index < -0.39 is 6.04 Å². The molecule has 1 atom stereocenters. The van der Waals surface area contributed by atoms with Crippen LogP contribution in [0.5, 0.6) is 5.88 Å². The molecule has 1 heterocycles. The Morgan fingerprint density at radius 1 is 1.41 bits per heavy atom. The number of carbonyl (C=O) groups excluding carboxylic acids is 2. The number of hydrogen-bond acceptors (Lipinski definition) is 4. The summed E-state index contributed by atoms with van der Waals surface area (Å²) >= 11 is 0. The lowest BCUT2D eigenvalue weighted by Crippen LogP contribution is -2.40. The number of ether oxygens (including phenoxy) is 1. The quantitative estimate of drug-likeness (QED) is 0.801. The Hall–Kier alpha value is -2.11. The number of carbonyl (C=O) groups is 2. The Kier molecular flexibility index (Phi) is 4.45. The summed E-state index contributed by atoms with van der Waals surface area (Å²) in [6, 6.07) is 2.72. The van der Waals surface area contributed by atoms with Crippen LogP contribution in [0.15, 0.2) is 18.3 Å². The summed E-state index contributed by atoms with van der Waals surface area (Å²) in [4.78, 5) is 26.3. The first-order valence-corrected chi connectivity index (χ1v) is 5.11.